The van der Waals surface area contributed by atoms with E-state index < -0.39 is 23.5 Å². The van der Waals surface area contributed by atoms with Crippen LogP contribution < -0.4 is 24.8 Å². The van der Waals surface area contributed by atoms with Crippen LogP contribution in [0.15, 0.2) is 169 Å². The van der Waals surface area contributed by atoms with E-state index in [1.54, 1.807) is 0 Å². The third-order valence-electron chi connectivity index (χ3n) is 10.3. The molecular weight excluding hydrogens is 901 g/mol. The number of halogens is 8. The summed E-state index contributed by atoms with van der Waals surface area (Å²) in [4.78, 5) is 0. The van der Waals surface area contributed by atoms with Crippen LogP contribution in [0.3, 0.4) is 0 Å². The summed E-state index contributed by atoms with van der Waals surface area (Å²) < 4.78 is 76.7. The molecule has 1 aliphatic carbocycles. The van der Waals surface area contributed by atoms with E-state index in [0.717, 1.165) is 48.5 Å². The molecule has 0 heterocycles. The average Bonchev–Trinajstić information content (AvgIpc) is 3.87. The molecule has 0 nitrogen and oxygen atoms in total. The first-order chi connectivity index (χ1) is 27.9. The summed E-state index contributed by atoms with van der Waals surface area (Å²) in [6.45, 7) is 11.2. The second-order valence-corrected chi connectivity index (χ2v) is 17.2. The van der Waals surface area contributed by atoms with E-state index in [0.29, 0.717) is 15.0 Å². The van der Waals surface area contributed by atoms with Crippen molar-refractivity contribution < 1.29 is 75.4 Å². The Morgan fingerprint density at radius 2 is 0.984 bits per heavy atom. The predicted octanol–water partition coefficient (Wildman–Crippen LogP) is 9.50. The molecule has 314 valence electrons. The van der Waals surface area contributed by atoms with Gasteiger partial charge in [0, 0.05) is 0 Å². The molecule has 0 aromatic heterocycles. The first-order valence-corrected chi connectivity index (χ1v) is 20.6. The Bertz CT molecular complexity index is 2460. The van der Waals surface area contributed by atoms with Crippen molar-refractivity contribution in [3.05, 3.63) is 198 Å². The zero-order valence-corrected chi connectivity index (χ0v) is 38.2. The number of rotatable bonds is 5. The summed E-state index contributed by atoms with van der Waals surface area (Å²) in [6, 6.07) is 46.2. The largest absolute Gasteiger partial charge is 1.00 e. The van der Waals surface area contributed by atoms with Gasteiger partial charge in [0.05, 0.1) is 0 Å². The van der Waals surface area contributed by atoms with E-state index in [-0.39, 0.29) is 41.4 Å². The molecule has 61 heavy (non-hydrogen) atoms. The molecule has 1 aliphatic rings. The summed E-state index contributed by atoms with van der Waals surface area (Å²) in [5.41, 5.74) is 5.68. The van der Waals surface area contributed by atoms with Gasteiger partial charge in [-0.25, -0.2) is 6.08 Å². The third-order valence-corrected chi connectivity index (χ3v) is 11.7. The van der Waals surface area contributed by atoms with Crippen LogP contribution in [-0.2, 0) is 36.6 Å². The molecule has 0 saturated heterocycles. The molecule has 0 spiro atoms. The maximum absolute atomic E-state index is 12.7. The van der Waals surface area contributed by atoms with Crippen LogP contribution in [0, 0.1) is 23.3 Å². The molecule has 0 amide bonds. The minimum atomic E-state index is -4.49. The van der Waals surface area contributed by atoms with Gasteiger partial charge < -0.3 is 24.8 Å². The van der Waals surface area contributed by atoms with Crippen LogP contribution in [0.1, 0.15) is 56.9 Å². The second kappa shape index (κ2) is 20.6. The van der Waals surface area contributed by atoms with Gasteiger partial charge in [0.1, 0.15) is 0 Å². The van der Waals surface area contributed by atoms with Gasteiger partial charge in [0.25, 0.3) is 0 Å². The fourth-order valence-electron chi connectivity index (χ4n) is 6.84. The van der Waals surface area contributed by atoms with Crippen molar-refractivity contribution in [1.29, 1.82) is 0 Å². The Kier molecular flexibility index (Phi) is 16.7. The summed E-state index contributed by atoms with van der Waals surface area (Å²) in [7, 11) is 0. The Balaban J connectivity index is 0.000000210. The number of benzene rings is 6. The van der Waals surface area contributed by atoms with E-state index in [9.17, 15) is 26.3 Å². The van der Waals surface area contributed by atoms with Gasteiger partial charge in [-0.3, -0.25) is 6.08 Å². The molecule has 1 atom stereocenters. The minimum absolute atomic E-state index is 0. The molecule has 7 aromatic rings. The van der Waals surface area contributed by atoms with Crippen molar-refractivity contribution in [2.24, 2.45) is 17.3 Å². The first kappa shape index (κ1) is 49.2. The Hall–Kier alpha value is -4.42. The van der Waals surface area contributed by atoms with Crippen molar-refractivity contribution in [2.45, 2.75) is 47.0 Å². The van der Waals surface area contributed by atoms with Crippen molar-refractivity contribution in [1.82, 2.24) is 0 Å². The summed E-state index contributed by atoms with van der Waals surface area (Å²) >= 11 is 0.729. The van der Waals surface area contributed by atoms with E-state index in [1.165, 1.54) is 73.6 Å². The normalized spacial score (nSPS) is 13.7. The predicted molar refractivity (Wildman–Crippen MR) is 228 cm³/mol. The monoisotopic (exact) mass is 942 g/mol. The van der Waals surface area contributed by atoms with Crippen LogP contribution in [0.4, 0.5) is 26.3 Å². The molecular formula is C52H44Cl2F6Zr-2. The molecule has 0 fully saturated rings. The molecule has 8 rings (SSSR count). The van der Waals surface area contributed by atoms with Gasteiger partial charge >= 0.3 is 137 Å². The summed E-state index contributed by atoms with van der Waals surface area (Å²) in [6.07, 6.45) is -1.07. The van der Waals surface area contributed by atoms with E-state index >= 15 is 0 Å². The van der Waals surface area contributed by atoms with Crippen molar-refractivity contribution >= 4 is 24.8 Å². The number of hydrogen-bond donors (Lipinski definition) is 0. The molecule has 0 N–H and O–H groups in total. The zero-order chi connectivity index (χ0) is 42.5. The van der Waals surface area contributed by atoms with E-state index in [2.05, 4.69) is 156 Å². The molecule has 0 bridgehead atoms. The van der Waals surface area contributed by atoms with Gasteiger partial charge in [0.2, 0.25) is 0 Å². The van der Waals surface area contributed by atoms with Crippen LogP contribution in [-0.4, -0.2) is 3.21 Å². The third kappa shape index (κ3) is 12.6. The molecule has 7 aromatic carbocycles. The number of alkyl halides is 6. The fourth-order valence-corrected chi connectivity index (χ4v) is 7.60. The van der Waals surface area contributed by atoms with Crippen LogP contribution in [0.25, 0.3) is 43.8 Å². The van der Waals surface area contributed by atoms with Gasteiger partial charge in [-0.15, -0.1) is 39.7 Å². The SMILES string of the molecule is CC(C)C1[C-]=CC(C(C)(C)C)=C1.FC(F)(F)c1cccc([C](=[Zr+2])c2cccc(C(F)(F)F)c2)c1.[Cl-].[Cl-].c1ccc(-c2ccc3c(c2)[cH-]c2cc(-c4ccccc4)ccc23)cc1. The quantitative estimate of drug-likeness (QED) is 0.119. The molecule has 1 unspecified atom stereocenters. The van der Waals surface area contributed by atoms with Crippen LogP contribution in [0.2, 0.25) is 0 Å². The van der Waals surface area contributed by atoms with Crippen molar-refractivity contribution in [2.75, 3.05) is 0 Å². The molecule has 0 saturated carbocycles. The zero-order valence-electron chi connectivity index (χ0n) is 34.3. The van der Waals surface area contributed by atoms with Crippen molar-refractivity contribution in [3.8, 4) is 22.3 Å². The van der Waals surface area contributed by atoms with E-state index in [4.69, 9.17) is 0 Å². The standard InChI is InChI=1S/C25H17.C15H8F6.C12H19.2ClH.Zr/c1-3-7-18(8-4-1)20-11-13-24-22(15-20)17-23-16-21(12-14-25(23)24)19-9-5-2-6-10-19;16-14(17,18)12-5-1-3-10(8-12)7-11-4-2-6-13(9-11)15(19,20)21;1-9(2)10-6-7-11(8-10)12(3,4)5;;;/h1-17H;1-6,8-9H;7-10H,1-5H3;2*1H;/q-1;;-1;;;+2/p-2. The molecule has 0 aliphatic heterocycles. The average molecular weight is 945 g/mol. The van der Waals surface area contributed by atoms with Gasteiger partial charge in [-0.05, 0) is 11.1 Å². The molecule has 0 radical (unpaired) electrons. The minimum Gasteiger partial charge on any atom is -1.00 e. The van der Waals surface area contributed by atoms with Crippen LogP contribution in [0.5, 0.6) is 0 Å². The molecule has 9 heteroatoms. The number of hydrogen-bond acceptors (Lipinski definition) is 0. The topological polar surface area (TPSA) is 0 Å². The maximum Gasteiger partial charge on any atom is -0.0259 e. The summed E-state index contributed by atoms with van der Waals surface area (Å²) in [5.74, 6) is 1.22. The smallest absolute Gasteiger partial charge is 0.0259 e. The van der Waals surface area contributed by atoms with E-state index in [1.807, 2.05) is 0 Å². The number of allylic oxidation sites excluding steroid dienone is 4. The van der Waals surface area contributed by atoms with Gasteiger partial charge in [-0.2, -0.15) is 11.6 Å². The Morgan fingerprint density at radius 1 is 0.557 bits per heavy atom. The van der Waals surface area contributed by atoms with Gasteiger partial charge in [0.15, 0.2) is 0 Å². The fraction of sp³-hybridized carbons (Fsp3) is 0.192. The number of fused-ring (bicyclic) bond motifs is 3. The maximum atomic E-state index is 12.7. The Labute approximate surface area is 381 Å². The van der Waals surface area contributed by atoms with Crippen molar-refractivity contribution in [3.63, 3.8) is 0 Å². The second-order valence-electron chi connectivity index (χ2n) is 16.0. The first-order valence-electron chi connectivity index (χ1n) is 19.4. The summed E-state index contributed by atoms with van der Waals surface area (Å²) in [5, 5.41) is 5.27. The Morgan fingerprint density at radius 3 is 1.33 bits per heavy atom. The van der Waals surface area contributed by atoms with Gasteiger partial charge in [-0.1, -0.05) is 148 Å². The van der Waals surface area contributed by atoms with Crippen LogP contribution >= 0.6 is 0 Å².